The third-order valence-electron chi connectivity index (χ3n) is 4.33. The van der Waals surface area contributed by atoms with Crippen LogP contribution in [0, 0.1) is 5.92 Å². The molecule has 0 fully saturated rings. The standard InChI is InChI=1S/C19H24BrN5/c1-3-5-14(6-4-2)11-16-12-18(23-15-7-9-21-10-8-15)25-19(24-16)17(20)13-22-25/h7-10,12-14H,3-6,11H2,1-2H3,(H,21,23). The number of hydrogen-bond donors (Lipinski definition) is 1. The summed E-state index contributed by atoms with van der Waals surface area (Å²) in [7, 11) is 0. The number of nitrogens with one attached hydrogen (secondary N) is 1. The summed E-state index contributed by atoms with van der Waals surface area (Å²) < 4.78 is 2.75. The van der Waals surface area contributed by atoms with Gasteiger partial charge < -0.3 is 5.32 Å². The lowest BCUT2D eigenvalue weighted by Gasteiger charge is -2.16. The first kappa shape index (κ1) is 17.9. The lowest BCUT2D eigenvalue weighted by Crippen LogP contribution is -2.09. The summed E-state index contributed by atoms with van der Waals surface area (Å²) in [5, 5.41) is 7.87. The highest BCUT2D eigenvalue weighted by Crippen LogP contribution is 2.25. The number of anilines is 2. The monoisotopic (exact) mass is 401 g/mol. The number of rotatable bonds is 8. The summed E-state index contributed by atoms with van der Waals surface area (Å²) in [5.41, 5.74) is 2.94. The highest BCUT2D eigenvalue weighted by molar-refractivity contribution is 9.10. The number of halogens is 1. The van der Waals surface area contributed by atoms with Crippen LogP contribution in [0.2, 0.25) is 0 Å². The van der Waals surface area contributed by atoms with Crippen molar-refractivity contribution in [3.63, 3.8) is 0 Å². The van der Waals surface area contributed by atoms with Gasteiger partial charge in [0, 0.05) is 29.8 Å². The molecule has 0 aliphatic carbocycles. The SMILES string of the molecule is CCCC(CCC)Cc1cc(Nc2ccncc2)n2ncc(Br)c2n1. The van der Waals surface area contributed by atoms with Crippen molar-refractivity contribution in [3.8, 4) is 0 Å². The summed E-state index contributed by atoms with van der Waals surface area (Å²) in [6, 6.07) is 6.01. The van der Waals surface area contributed by atoms with E-state index in [0.717, 1.165) is 33.7 Å². The molecule has 3 heterocycles. The first-order chi connectivity index (χ1) is 12.2. The Hall–Kier alpha value is -1.95. The molecular weight excluding hydrogens is 378 g/mol. The molecule has 3 rings (SSSR count). The summed E-state index contributed by atoms with van der Waals surface area (Å²) in [4.78, 5) is 8.91. The van der Waals surface area contributed by atoms with Crippen molar-refractivity contribution in [3.05, 3.63) is 47.0 Å². The molecule has 0 radical (unpaired) electrons. The van der Waals surface area contributed by atoms with Crippen LogP contribution in [0.3, 0.4) is 0 Å². The van der Waals surface area contributed by atoms with Gasteiger partial charge in [-0.15, -0.1) is 0 Å². The molecule has 0 aliphatic heterocycles. The lowest BCUT2D eigenvalue weighted by molar-refractivity contribution is 0.434. The van der Waals surface area contributed by atoms with Gasteiger partial charge in [-0.25, -0.2) is 4.98 Å². The predicted octanol–water partition coefficient (Wildman–Crippen LogP) is 5.39. The molecular formula is C19H24BrN5. The molecule has 0 bridgehead atoms. The van der Waals surface area contributed by atoms with Crippen molar-refractivity contribution >= 4 is 33.1 Å². The van der Waals surface area contributed by atoms with E-state index in [1.807, 2.05) is 16.6 Å². The van der Waals surface area contributed by atoms with Crippen molar-refractivity contribution in [2.75, 3.05) is 5.32 Å². The van der Waals surface area contributed by atoms with Gasteiger partial charge in [0.25, 0.3) is 0 Å². The summed E-state index contributed by atoms with van der Waals surface area (Å²) >= 11 is 3.56. The van der Waals surface area contributed by atoms with E-state index in [1.165, 1.54) is 25.7 Å². The number of aromatic nitrogens is 4. The minimum Gasteiger partial charge on any atom is -0.340 e. The van der Waals surface area contributed by atoms with E-state index in [9.17, 15) is 0 Å². The molecule has 5 nitrogen and oxygen atoms in total. The second-order valence-electron chi connectivity index (χ2n) is 6.37. The molecule has 1 N–H and O–H groups in total. The van der Waals surface area contributed by atoms with E-state index in [-0.39, 0.29) is 0 Å². The van der Waals surface area contributed by atoms with Crippen LogP contribution >= 0.6 is 15.9 Å². The number of nitrogens with zero attached hydrogens (tertiary/aromatic N) is 4. The van der Waals surface area contributed by atoms with Crippen LogP contribution in [0.15, 0.2) is 41.3 Å². The van der Waals surface area contributed by atoms with Gasteiger partial charge in [-0.3, -0.25) is 4.98 Å². The number of fused-ring (bicyclic) bond motifs is 1. The van der Waals surface area contributed by atoms with E-state index < -0.39 is 0 Å². The van der Waals surface area contributed by atoms with Gasteiger partial charge in [0.2, 0.25) is 0 Å². The fraction of sp³-hybridized carbons (Fsp3) is 0.421. The zero-order valence-corrected chi connectivity index (χ0v) is 16.3. The molecule has 25 heavy (non-hydrogen) atoms. The van der Waals surface area contributed by atoms with Crippen LogP contribution in [0.1, 0.15) is 45.2 Å². The molecule has 0 aliphatic rings. The van der Waals surface area contributed by atoms with Gasteiger partial charge in [0.1, 0.15) is 5.82 Å². The Bertz CT molecular complexity index is 809. The quantitative estimate of drug-likeness (QED) is 0.549. The Balaban J connectivity index is 1.95. The van der Waals surface area contributed by atoms with Gasteiger partial charge in [-0.1, -0.05) is 39.5 Å². The second-order valence-corrected chi connectivity index (χ2v) is 7.22. The maximum atomic E-state index is 4.84. The zero-order chi connectivity index (χ0) is 17.6. The zero-order valence-electron chi connectivity index (χ0n) is 14.7. The predicted molar refractivity (Wildman–Crippen MR) is 105 cm³/mol. The minimum atomic E-state index is 0.681. The minimum absolute atomic E-state index is 0.681. The topological polar surface area (TPSA) is 55.1 Å². The highest BCUT2D eigenvalue weighted by Gasteiger charge is 2.14. The number of hydrogen-bond acceptors (Lipinski definition) is 4. The first-order valence-electron chi connectivity index (χ1n) is 8.91. The Morgan fingerprint density at radius 3 is 2.56 bits per heavy atom. The molecule has 0 saturated heterocycles. The molecule has 0 unspecified atom stereocenters. The molecule has 0 spiro atoms. The van der Waals surface area contributed by atoms with Gasteiger partial charge in [0.05, 0.1) is 10.7 Å². The Morgan fingerprint density at radius 2 is 1.88 bits per heavy atom. The fourth-order valence-electron chi connectivity index (χ4n) is 3.22. The molecule has 3 aromatic heterocycles. The van der Waals surface area contributed by atoms with Gasteiger partial charge in [0.15, 0.2) is 5.65 Å². The van der Waals surface area contributed by atoms with Crippen LogP contribution in [0.25, 0.3) is 5.65 Å². The van der Waals surface area contributed by atoms with E-state index in [4.69, 9.17) is 4.98 Å². The lowest BCUT2D eigenvalue weighted by atomic mass is 9.93. The normalized spacial score (nSPS) is 11.4. The van der Waals surface area contributed by atoms with Gasteiger partial charge in [-0.05, 0) is 40.4 Å². The molecule has 3 aromatic rings. The average molecular weight is 402 g/mol. The largest absolute Gasteiger partial charge is 0.340 e. The Morgan fingerprint density at radius 1 is 1.16 bits per heavy atom. The molecule has 6 heteroatoms. The molecule has 132 valence electrons. The van der Waals surface area contributed by atoms with Crippen molar-refractivity contribution in [2.24, 2.45) is 5.92 Å². The van der Waals surface area contributed by atoms with Crippen LogP contribution in [0.4, 0.5) is 11.5 Å². The van der Waals surface area contributed by atoms with E-state index in [2.05, 4.69) is 51.2 Å². The Labute approximate surface area is 157 Å². The summed E-state index contributed by atoms with van der Waals surface area (Å²) in [6.45, 7) is 4.51. The second kappa shape index (κ2) is 8.43. The van der Waals surface area contributed by atoms with Gasteiger partial charge >= 0.3 is 0 Å². The highest BCUT2D eigenvalue weighted by atomic mass is 79.9. The van der Waals surface area contributed by atoms with E-state index in [0.29, 0.717) is 5.92 Å². The van der Waals surface area contributed by atoms with Crippen LogP contribution < -0.4 is 5.32 Å². The van der Waals surface area contributed by atoms with E-state index in [1.54, 1.807) is 18.6 Å². The first-order valence-corrected chi connectivity index (χ1v) is 9.70. The fourth-order valence-corrected chi connectivity index (χ4v) is 3.57. The molecule has 0 amide bonds. The maximum Gasteiger partial charge on any atom is 0.171 e. The van der Waals surface area contributed by atoms with Crippen LogP contribution in [-0.4, -0.2) is 19.6 Å². The third kappa shape index (κ3) is 4.37. The van der Waals surface area contributed by atoms with Crippen molar-refractivity contribution in [1.29, 1.82) is 0 Å². The summed E-state index contributed by atoms with van der Waals surface area (Å²) in [6.07, 6.45) is 11.3. The smallest absolute Gasteiger partial charge is 0.171 e. The van der Waals surface area contributed by atoms with Crippen molar-refractivity contribution in [1.82, 2.24) is 19.6 Å². The summed E-state index contributed by atoms with van der Waals surface area (Å²) in [5.74, 6) is 1.60. The Kier molecular flexibility index (Phi) is 6.02. The third-order valence-corrected chi connectivity index (χ3v) is 4.89. The average Bonchev–Trinajstić information content (AvgIpc) is 2.98. The number of pyridine rings is 1. The van der Waals surface area contributed by atoms with Crippen LogP contribution in [0.5, 0.6) is 0 Å². The molecule has 0 aromatic carbocycles. The maximum absolute atomic E-state index is 4.84. The van der Waals surface area contributed by atoms with E-state index >= 15 is 0 Å². The molecule has 0 saturated carbocycles. The van der Waals surface area contributed by atoms with Crippen molar-refractivity contribution < 1.29 is 0 Å². The van der Waals surface area contributed by atoms with Crippen LogP contribution in [-0.2, 0) is 6.42 Å². The van der Waals surface area contributed by atoms with Gasteiger partial charge in [-0.2, -0.15) is 9.61 Å². The molecule has 0 atom stereocenters. The van der Waals surface area contributed by atoms with Crippen molar-refractivity contribution in [2.45, 2.75) is 46.0 Å².